The van der Waals surface area contributed by atoms with E-state index in [9.17, 15) is 20.1 Å². The van der Waals surface area contributed by atoms with Crippen molar-refractivity contribution in [1.82, 2.24) is 10.2 Å². The van der Waals surface area contributed by atoms with Gasteiger partial charge < -0.3 is 35.8 Å². The number of hydrogen-bond donors (Lipinski definition) is 5. The van der Waals surface area contributed by atoms with Crippen LogP contribution >= 0.6 is 0 Å². The lowest BCUT2D eigenvalue weighted by Crippen LogP contribution is -2.43. The van der Waals surface area contributed by atoms with Gasteiger partial charge in [0, 0.05) is 7.11 Å². The van der Waals surface area contributed by atoms with Crippen molar-refractivity contribution < 1.29 is 29.6 Å². The second-order valence-electron chi connectivity index (χ2n) is 4.37. The molecule has 0 bridgehead atoms. The second kappa shape index (κ2) is 5.21. The van der Waals surface area contributed by atoms with E-state index in [1.807, 2.05) is 0 Å². The summed E-state index contributed by atoms with van der Waals surface area (Å²) in [6.07, 6.45) is -4.08. The highest BCUT2D eigenvalue weighted by Gasteiger charge is 2.47. The minimum absolute atomic E-state index is 0.0399. The molecule has 9 nitrogen and oxygen atoms in total. The molecule has 1 fully saturated rings. The van der Waals surface area contributed by atoms with Gasteiger partial charge in [-0.1, -0.05) is 0 Å². The molecule has 0 aromatic rings. The molecule has 2 rings (SSSR count). The van der Waals surface area contributed by atoms with Gasteiger partial charge in [-0.3, -0.25) is 9.69 Å². The van der Waals surface area contributed by atoms with E-state index in [-0.39, 0.29) is 19.0 Å². The molecule has 1 saturated heterocycles. The number of hydrogen-bond acceptors (Lipinski definition) is 8. The van der Waals surface area contributed by atoms with E-state index < -0.39 is 36.3 Å². The molecule has 6 N–H and O–H groups in total. The Balaban J connectivity index is 2.13. The van der Waals surface area contributed by atoms with Crippen molar-refractivity contribution in [2.45, 2.75) is 24.5 Å². The van der Waals surface area contributed by atoms with Gasteiger partial charge in [0.05, 0.1) is 13.3 Å². The third kappa shape index (κ3) is 2.32. The van der Waals surface area contributed by atoms with E-state index in [0.29, 0.717) is 0 Å². The maximum absolute atomic E-state index is 11.0. The first-order valence-electron chi connectivity index (χ1n) is 5.71. The minimum atomic E-state index is -1.24. The number of carbonyl (C=O) groups excluding carboxylic acids is 1. The zero-order chi connectivity index (χ0) is 14.2. The molecule has 0 radical (unpaired) electrons. The SMILES string of the molecule is COC[C@H]1O[C@@H](N2CNC(C(N)=O)=C2O)[C@H](O)[C@@H]1O. The van der Waals surface area contributed by atoms with Gasteiger partial charge in [-0.2, -0.15) is 0 Å². The predicted molar refractivity (Wildman–Crippen MR) is 61.2 cm³/mol. The van der Waals surface area contributed by atoms with Crippen LogP contribution in [0.2, 0.25) is 0 Å². The molecule has 0 aliphatic carbocycles. The van der Waals surface area contributed by atoms with Crippen LogP contribution < -0.4 is 11.1 Å². The summed E-state index contributed by atoms with van der Waals surface area (Å²) in [7, 11) is 1.44. The van der Waals surface area contributed by atoms with Crippen molar-refractivity contribution in [1.29, 1.82) is 0 Å². The number of aliphatic hydroxyl groups is 3. The van der Waals surface area contributed by atoms with Crippen molar-refractivity contribution in [3.05, 3.63) is 11.6 Å². The van der Waals surface area contributed by atoms with Crippen LogP contribution in [0.25, 0.3) is 0 Å². The summed E-state index contributed by atoms with van der Waals surface area (Å²) in [5, 5.41) is 32.1. The molecule has 2 aliphatic rings. The largest absolute Gasteiger partial charge is 0.493 e. The van der Waals surface area contributed by atoms with Gasteiger partial charge in [0.15, 0.2) is 11.9 Å². The minimum Gasteiger partial charge on any atom is -0.493 e. The van der Waals surface area contributed by atoms with Crippen LogP contribution in [0.15, 0.2) is 11.6 Å². The number of methoxy groups -OCH3 is 1. The van der Waals surface area contributed by atoms with Crippen LogP contribution in [-0.4, -0.2) is 71.1 Å². The quantitative estimate of drug-likeness (QED) is 0.370. The summed E-state index contributed by atoms with van der Waals surface area (Å²) in [6, 6.07) is 0. The Morgan fingerprint density at radius 1 is 1.58 bits per heavy atom. The van der Waals surface area contributed by atoms with E-state index in [1.165, 1.54) is 12.0 Å². The number of amides is 1. The van der Waals surface area contributed by atoms with E-state index in [1.54, 1.807) is 0 Å². The second-order valence-corrected chi connectivity index (χ2v) is 4.37. The number of nitrogens with one attached hydrogen (secondary N) is 1. The number of rotatable bonds is 4. The molecule has 0 unspecified atom stereocenters. The van der Waals surface area contributed by atoms with E-state index in [2.05, 4.69) is 5.32 Å². The van der Waals surface area contributed by atoms with Crippen LogP contribution in [0.1, 0.15) is 0 Å². The molecular weight excluding hydrogens is 258 g/mol. The summed E-state index contributed by atoms with van der Waals surface area (Å²) < 4.78 is 10.3. The van der Waals surface area contributed by atoms with Crippen LogP contribution in [0.5, 0.6) is 0 Å². The van der Waals surface area contributed by atoms with Crippen LogP contribution in [-0.2, 0) is 14.3 Å². The number of ether oxygens (including phenoxy) is 2. The van der Waals surface area contributed by atoms with Gasteiger partial charge in [0.25, 0.3) is 5.91 Å². The van der Waals surface area contributed by atoms with E-state index in [4.69, 9.17) is 15.2 Å². The maximum atomic E-state index is 11.0. The van der Waals surface area contributed by atoms with Gasteiger partial charge in [0.2, 0.25) is 5.88 Å². The fourth-order valence-electron chi connectivity index (χ4n) is 2.16. The molecule has 1 amide bonds. The summed E-state index contributed by atoms with van der Waals surface area (Å²) in [5.41, 5.74) is 4.91. The highest BCUT2D eigenvalue weighted by atomic mass is 16.6. The third-order valence-electron chi connectivity index (χ3n) is 3.14. The molecule has 108 valence electrons. The first-order valence-corrected chi connectivity index (χ1v) is 5.71. The highest BCUT2D eigenvalue weighted by molar-refractivity contribution is 5.92. The summed E-state index contributed by atoms with van der Waals surface area (Å²) in [5.74, 6) is -1.23. The lowest BCUT2D eigenvalue weighted by molar-refractivity contribution is -0.115. The van der Waals surface area contributed by atoms with Crippen molar-refractivity contribution in [2.24, 2.45) is 5.73 Å². The fourth-order valence-corrected chi connectivity index (χ4v) is 2.16. The topological polar surface area (TPSA) is 138 Å². The first kappa shape index (κ1) is 13.9. The standard InChI is InChI=1S/C10H17N3O6/c1-18-2-4-6(14)7(15)10(19-4)13-3-12-5(8(11)16)9(13)17/h4,6-7,10,12,14-15,17H,2-3H2,1H3,(H2,11,16)/t4-,6-,7-,10-/m1/s1. The number of carbonyl (C=O) groups is 1. The van der Waals surface area contributed by atoms with Crippen LogP contribution in [0.3, 0.4) is 0 Å². The monoisotopic (exact) mass is 275 g/mol. The normalized spacial score (nSPS) is 34.8. The molecule has 0 aromatic carbocycles. The zero-order valence-electron chi connectivity index (χ0n) is 10.3. The smallest absolute Gasteiger partial charge is 0.270 e. The Morgan fingerprint density at radius 3 is 2.79 bits per heavy atom. The van der Waals surface area contributed by atoms with Crippen LogP contribution in [0.4, 0.5) is 0 Å². The molecule has 0 spiro atoms. The van der Waals surface area contributed by atoms with Crippen molar-refractivity contribution in [2.75, 3.05) is 20.4 Å². The van der Waals surface area contributed by atoms with Gasteiger partial charge in [0.1, 0.15) is 18.3 Å². The Labute approximate surface area is 109 Å². The third-order valence-corrected chi connectivity index (χ3v) is 3.14. The Bertz CT molecular complexity index is 401. The average Bonchev–Trinajstić information content (AvgIpc) is 2.85. The van der Waals surface area contributed by atoms with Crippen molar-refractivity contribution in [3.8, 4) is 0 Å². The average molecular weight is 275 g/mol. The molecule has 0 saturated carbocycles. The Kier molecular flexibility index (Phi) is 3.80. The number of nitrogens with zero attached hydrogens (tertiary/aromatic N) is 1. The van der Waals surface area contributed by atoms with Gasteiger partial charge in [-0.05, 0) is 0 Å². The molecule has 0 aromatic heterocycles. The highest BCUT2D eigenvalue weighted by Crippen LogP contribution is 2.28. The summed E-state index contributed by atoms with van der Waals surface area (Å²) >= 11 is 0. The molecule has 2 heterocycles. The van der Waals surface area contributed by atoms with E-state index >= 15 is 0 Å². The summed E-state index contributed by atoms with van der Waals surface area (Å²) in [6.45, 7) is 0.140. The van der Waals surface area contributed by atoms with Crippen molar-refractivity contribution in [3.63, 3.8) is 0 Å². The number of nitrogens with two attached hydrogens (primary N) is 1. The number of primary amides is 1. The van der Waals surface area contributed by atoms with E-state index in [0.717, 1.165) is 0 Å². The summed E-state index contributed by atoms with van der Waals surface area (Å²) in [4.78, 5) is 12.2. The predicted octanol–water partition coefficient (Wildman–Crippen LogP) is -2.85. The molecule has 4 atom stereocenters. The zero-order valence-corrected chi connectivity index (χ0v) is 10.3. The molecule has 2 aliphatic heterocycles. The Hall–Kier alpha value is -1.55. The van der Waals surface area contributed by atoms with Gasteiger partial charge >= 0.3 is 0 Å². The Morgan fingerprint density at radius 2 is 2.26 bits per heavy atom. The fraction of sp³-hybridized carbons (Fsp3) is 0.700. The number of aliphatic hydroxyl groups excluding tert-OH is 3. The molecule has 19 heavy (non-hydrogen) atoms. The molecular formula is C10H17N3O6. The van der Waals surface area contributed by atoms with Crippen molar-refractivity contribution >= 4 is 5.91 Å². The lowest BCUT2D eigenvalue weighted by Gasteiger charge is -2.26. The first-order chi connectivity index (χ1) is 8.97. The van der Waals surface area contributed by atoms with Crippen LogP contribution in [0, 0.1) is 0 Å². The molecule has 9 heteroatoms. The van der Waals surface area contributed by atoms with Gasteiger partial charge in [-0.25, -0.2) is 0 Å². The lowest BCUT2D eigenvalue weighted by atomic mass is 10.1. The van der Waals surface area contributed by atoms with Gasteiger partial charge in [-0.15, -0.1) is 0 Å². The maximum Gasteiger partial charge on any atom is 0.270 e.